The smallest absolute Gasteiger partial charge is 0.322 e. The van der Waals surface area contributed by atoms with Gasteiger partial charge in [-0.15, -0.1) is 0 Å². The molecule has 126 valence electrons. The monoisotopic (exact) mass is 321 g/mol. The molecule has 0 bridgehead atoms. The highest BCUT2D eigenvalue weighted by Crippen LogP contribution is 2.24. The van der Waals surface area contributed by atoms with Gasteiger partial charge in [-0.25, -0.2) is 0 Å². The Kier molecular flexibility index (Phi) is 7.25. The van der Waals surface area contributed by atoms with Gasteiger partial charge in [0.25, 0.3) is 0 Å². The van der Waals surface area contributed by atoms with Crippen molar-refractivity contribution >= 4 is 17.8 Å². The van der Waals surface area contributed by atoms with Crippen molar-refractivity contribution in [2.75, 3.05) is 6.54 Å². The number of aryl methyl sites for hydroxylation is 1. The van der Waals surface area contributed by atoms with E-state index in [0.717, 1.165) is 11.1 Å². The predicted octanol–water partition coefficient (Wildman–Crippen LogP) is 2.39. The van der Waals surface area contributed by atoms with Crippen LogP contribution in [0, 0.1) is 6.92 Å². The summed E-state index contributed by atoms with van der Waals surface area (Å²) in [5.41, 5.74) is 1.97. The summed E-state index contributed by atoms with van der Waals surface area (Å²) in [6, 6.07) is 5.78. The van der Waals surface area contributed by atoms with Gasteiger partial charge < -0.3 is 15.2 Å². The average Bonchev–Trinajstić information content (AvgIpc) is 2.47. The number of carbonyl (C=O) groups excluding carboxylic acids is 2. The summed E-state index contributed by atoms with van der Waals surface area (Å²) >= 11 is 0. The minimum atomic E-state index is -1.10. The van der Waals surface area contributed by atoms with Crippen molar-refractivity contribution in [2.45, 2.75) is 46.0 Å². The van der Waals surface area contributed by atoms with Crippen molar-refractivity contribution in [1.82, 2.24) is 5.32 Å². The Morgan fingerprint density at radius 3 is 2.52 bits per heavy atom. The topological polar surface area (TPSA) is 92.7 Å². The Hall–Kier alpha value is -2.37. The number of rotatable bonds is 8. The molecular weight excluding hydrogens is 298 g/mol. The van der Waals surface area contributed by atoms with Crippen LogP contribution < -0.4 is 10.1 Å². The van der Waals surface area contributed by atoms with E-state index in [2.05, 4.69) is 19.2 Å². The van der Waals surface area contributed by atoms with Gasteiger partial charge in [0.15, 0.2) is 0 Å². The van der Waals surface area contributed by atoms with E-state index in [1.54, 1.807) is 0 Å². The van der Waals surface area contributed by atoms with Gasteiger partial charge in [0.1, 0.15) is 12.3 Å². The van der Waals surface area contributed by atoms with Crippen LogP contribution in [0.25, 0.3) is 0 Å². The van der Waals surface area contributed by atoms with Crippen molar-refractivity contribution in [1.29, 1.82) is 0 Å². The van der Waals surface area contributed by atoms with Crippen molar-refractivity contribution in [3.05, 3.63) is 29.3 Å². The molecule has 1 aromatic rings. The van der Waals surface area contributed by atoms with Crippen molar-refractivity contribution in [3.63, 3.8) is 0 Å². The van der Waals surface area contributed by atoms with Crippen LogP contribution in [0.1, 0.15) is 50.2 Å². The number of benzene rings is 1. The lowest BCUT2D eigenvalue weighted by molar-refractivity contribution is -0.138. The quantitative estimate of drug-likeness (QED) is 0.566. The molecule has 0 aliphatic heterocycles. The van der Waals surface area contributed by atoms with Crippen LogP contribution in [0.5, 0.6) is 5.75 Å². The summed E-state index contributed by atoms with van der Waals surface area (Å²) in [5.74, 6) is -1.01. The average molecular weight is 321 g/mol. The normalized spacial score (nSPS) is 10.4. The van der Waals surface area contributed by atoms with Crippen LogP contribution >= 0.6 is 0 Å². The molecule has 2 N–H and O–H groups in total. The van der Waals surface area contributed by atoms with Gasteiger partial charge in [-0.05, 0) is 36.5 Å². The van der Waals surface area contributed by atoms with Gasteiger partial charge in [-0.2, -0.15) is 0 Å². The minimum Gasteiger partial charge on any atom is -0.480 e. The molecule has 0 aliphatic rings. The number of carboxylic acid groups (broad SMARTS) is 1. The zero-order chi connectivity index (χ0) is 17.4. The first-order valence-electron chi connectivity index (χ1n) is 7.59. The Morgan fingerprint density at radius 1 is 1.22 bits per heavy atom. The molecule has 0 aliphatic carbocycles. The molecule has 0 radical (unpaired) electrons. The molecule has 6 heteroatoms. The van der Waals surface area contributed by atoms with Crippen LogP contribution in [0.4, 0.5) is 0 Å². The van der Waals surface area contributed by atoms with Gasteiger partial charge in [0.2, 0.25) is 5.91 Å². The molecule has 0 spiro atoms. The summed E-state index contributed by atoms with van der Waals surface area (Å²) in [6.45, 7) is 5.58. The zero-order valence-corrected chi connectivity index (χ0v) is 13.7. The van der Waals surface area contributed by atoms with E-state index in [1.165, 1.54) is 0 Å². The third-order valence-corrected chi connectivity index (χ3v) is 3.32. The van der Waals surface area contributed by atoms with Crippen LogP contribution in [0.15, 0.2) is 18.2 Å². The number of aliphatic carboxylic acids is 1. The highest BCUT2D eigenvalue weighted by molar-refractivity contribution is 5.81. The second-order valence-corrected chi connectivity index (χ2v) is 5.68. The van der Waals surface area contributed by atoms with Gasteiger partial charge in [-0.3, -0.25) is 14.4 Å². The minimum absolute atomic E-state index is 0.0907. The fraction of sp³-hybridized carbons (Fsp3) is 0.471. The van der Waals surface area contributed by atoms with E-state index in [0.29, 0.717) is 18.1 Å². The lowest BCUT2D eigenvalue weighted by atomic mass is 10.0. The number of amides is 1. The van der Waals surface area contributed by atoms with E-state index in [-0.39, 0.29) is 12.8 Å². The van der Waals surface area contributed by atoms with E-state index < -0.39 is 24.4 Å². The van der Waals surface area contributed by atoms with E-state index >= 15 is 0 Å². The van der Waals surface area contributed by atoms with Crippen molar-refractivity contribution in [3.8, 4) is 5.75 Å². The van der Waals surface area contributed by atoms with Crippen molar-refractivity contribution < 1.29 is 24.2 Å². The van der Waals surface area contributed by atoms with Crippen LogP contribution in [0.3, 0.4) is 0 Å². The van der Waals surface area contributed by atoms with Gasteiger partial charge >= 0.3 is 11.9 Å². The first kappa shape index (κ1) is 18.7. The Labute approximate surface area is 135 Å². The maximum Gasteiger partial charge on any atom is 0.322 e. The maximum atomic E-state index is 11.8. The molecule has 0 saturated heterocycles. The van der Waals surface area contributed by atoms with Crippen LogP contribution in [0.2, 0.25) is 0 Å². The zero-order valence-electron chi connectivity index (χ0n) is 13.7. The van der Waals surface area contributed by atoms with E-state index in [1.807, 2.05) is 25.1 Å². The van der Waals surface area contributed by atoms with Gasteiger partial charge in [-0.1, -0.05) is 26.0 Å². The second-order valence-electron chi connectivity index (χ2n) is 5.68. The van der Waals surface area contributed by atoms with Crippen LogP contribution in [-0.2, 0) is 14.4 Å². The highest BCUT2D eigenvalue weighted by Gasteiger charge is 2.11. The summed E-state index contributed by atoms with van der Waals surface area (Å²) in [7, 11) is 0. The summed E-state index contributed by atoms with van der Waals surface area (Å²) < 4.78 is 5.35. The summed E-state index contributed by atoms with van der Waals surface area (Å²) in [5, 5.41) is 10.7. The first-order valence-corrected chi connectivity index (χ1v) is 7.59. The van der Waals surface area contributed by atoms with Gasteiger partial charge in [0, 0.05) is 12.8 Å². The number of nitrogens with one attached hydrogen (secondary N) is 1. The molecule has 0 atom stereocenters. The fourth-order valence-electron chi connectivity index (χ4n) is 1.92. The summed E-state index contributed by atoms with van der Waals surface area (Å²) in [4.78, 5) is 33.5. The molecule has 23 heavy (non-hydrogen) atoms. The molecule has 1 amide bonds. The fourth-order valence-corrected chi connectivity index (χ4v) is 1.92. The Morgan fingerprint density at radius 2 is 1.91 bits per heavy atom. The molecule has 0 heterocycles. The molecule has 1 rings (SSSR count). The number of ether oxygens (including phenoxy) is 1. The third kappa shape index (κ3) is 6.95. The number of carboxylic acids is 1. The van der Waals surface area contributed by atoms with E-state index in [4.69, 9.17) is 9.84 Å². The van der Waals surface area contributed by atoms with Crippen LogP contribution in [-0.4, -0.2) is 29.5 Å². The maximum absolute atomic E-state index is 11.8. The van der Waals surface area contributed by atoms with Crippen molar-refractivity contribution in [2.24, 2.45) is 0 Å². The SMILES string of the molecule is Cc1ccc(C(C)C)cc1OC(=O)CCCC(=O)NCC(=O)O. The van der Waals surface area contributed by atoms with E-state index in [9.17, 15) is 14.4 Å². The Balaban J connectivity index is 2.44. The largest absolute Gasteiger partial charge is 0.480 e. The second kappa shape index (κ2) is 8.92. The molecule has 0 fully saturated rings. The lowest BCUT2D eigenvalue weighted by Gasteiger charge is -2.11. The highest BCUT2D eigenvalue weighted by atomic mass is 16.5. The first-order chi connectivity index (χ1) is 10.8. The molecule has 1 aromatic carbocycles. The van der Waals surface area contributed by atoms with Gasteiger partial charge in [0.05, 0.1) is 0 Å². The summed E-state index contributed by atoms with van der Waals surface area (Å²) in [6.07, 6.45) is 0.506. The number of hydrogen-bond acceptors (Lipinski definition) is 4. The number of esters is 1. The predicted molar refractivity (Wildman–Crippen MR) is 85.4 cm³/mol. The molecule has 6 nitrogen and oxygen atoms in total. The Bertz CT molecular complexity index is 580. The number of hydrogen-bond donors (Lipinski definition) is 2. The third-order valence-electron chi connectivity index (χ3n) is 3.32. The lowest BCUT2D eigenvalue weighted by Crippen LogP contribution is -2.29. The number of carbonyl (C=O) groups is 3. The molecule has 0 aromatic heterocycles. The molecule has 0 saturated carbocycles. The molecule has 0 unspecified atom stereocenters. The standard InChI is InChI=1S/C17H23NO5/c1-11(2)13-8-7-12(3)14(9-13)23-17(22)6-4-5-15(19)18-10-16(20)21/h7-9,11H,4-6,10H2,1-3H3,(H,18,19)(H,20,21). The molecular formula is C17H23NO5.